The van der Waals surface area contributed by atoms with Gasteiger partial charge in [0.25, 0.3) is 5.91 Å². The van der Waals surface area contributed by atoms with E-state index in [1.54, 1.807) is 12.1 Å². The van der Waals surface area contributed by atoms with Crippen LogP contribution in [0.25, 0.3) is 0 Å². The van der Waals surface area contributed by atoms with E-state index in [0.29, 0.717) is 10.6 Å². The number of carbonyl (C=O) groups is 3. The topological polar surface area (TPSA) is 72.5 Å². The number of carbonyl (C=O) groups excluding carboxylic acids is 3. The quantitative estimate of drug-likeness (QED) is 0.618. The lowest BCUT2D eigenvalue weighted by Gasteiger charge is -2.17. The molecule has 2 atom stereocenters. The Balaban J connectivity index is 1.93. The summed E-state index contributed by atoms with van der Waals surface area (Å²) >= 11 is 5.76. The molecule has 0 bridgehead atoms. The van der Waals surface area contributed by atoms with Gasteiger partial charge < -0.3 is 10.1 Å². The highest BCUT2D eigenvalue weighted by Gasteiger charge is 2.24. The van der Waals surface area contributed by atoms with Crippen molar-refractivity contribution in [1.82, 2.24) is 5.32 Å². The predicted octanol–water partition coefficient (Wildman–Crippen LogP) is 3.41. The zero-order valence-corrected chi connectivity index (χ0v) is 14.9. The lowest BCUT2D eigenvalue weighted by atomic mass is 10.1. The van der Waals surface area contributed by atoms with Gasteiger partial charge in [-0.05, 0) is 62.4 Å². The maximum atomic E-state index is 12.9. The Morgan fingerprint density at radius 1 is 0.962 bits per heavy atom. The third-order valence-electron chi connectivity index (χ3n) is 3.60. The highest BCUT2D eigenvalue weighted by molar-refractivity contribution is 6.30. The molecule has 0 aliphatic heterocycles. The van der Waals surface area contributed by atoms with Crippen LogP contribution in [0.15, 0.2) is 48.5 Å². The summed E-state index contributed by atoms with van der Waals surface area (Å²) in [4.78, 5) is 36.4. The number of ketones is 1. The van der Waals surface area contributed by atoms with Crippen molar-refractivity contribution >= 4 is 29.3 Å². The van der Waals surface area contributed by atoms with Crippen molar-refractivity contribution < 1.29 is 23.5 Å². The molecular formula is C19H17ClFNO4. The second kappa shape index (κ2) is 8.58. The molecular weight excluding hydrogens is 361 g/mol. The Morgan fingerprint density at radius 2 is 1.50 bits per heavy atom. The van der Waals surface area contributed by atoms with Crippen LogP contribution in [0, 0.1) is 5.82 Å². The molecule has 0 spiro atoms. The first-order valence-electron chi connectivity index (χ1n) is 7.84. The predicted molar refractivity (Wildman–Crippen MR) is 94.7 cm³/mol. The third-order valence-corrected chi connectivity index (χ3v) is 3.85. The van der Waals surface area contributed by atoms with Crippen LogP contribution in [-0.4, -0.2) is 29.8 Å². The maximum absolute atomic E-state index is 12.9. The number of rotatable bonds is 6. The first kappa shape index (κ1) is 19.6. The van der Waals surface area contributed by atoms with Crippen molar-refractivity contribution in [3.8, 4) is 0 Å². The molecule has 2 rings (SSSR count). The number of halogens is 2. The number of esters is 1. The van der Waals surface area contributed by atoms with E-state index >= 15 is 0 Å². The first-order valence-corrected chi connectivity index (χ1v) is 8.22. The van der Waals surface area contributed by atoms with E-state index in [1.807, 2.05) is 0 Å². The fourth-order valence-electron chi connectivity index (χ4n) is 2.12. The van der Waals surface area contributed by atoms with E-state index in [0.717, 1.165) is 12.1 Å². The maximum Gasteiger partial charge on any atom is 0.329 e. The van der Waals surface area contributed by atoms with Crippen molar-refractivity contribution in [3.63, 3.8) is 0 Å². The number of Topliss-reactive ketones (excluding diaryl/α,β-unsaturated/α-hetero) is 1. The van der Waals surface area contributed by atoms with Crippen molar-refractivity contribution in [2.24, 2.45) is 0 Å². The second-order valence-electron chi connectivity index (χ2n) is 5.65. The van der Waals surface area contributed by atoms with Gasteiger partial charge in [0.2, 0.25) is 5.78 Å². The SMILES string of the molecule is C[C@H](NC(=O)c1ccc(Cl)cc1)C(=O)O[C@@H](C)C(=O)c1ccc(F)cc1. The minimum Gasteiger partial charge on any atom is -0.453 e. The monoisotopic (exact) mass is 377 g/mol. The molecule has 0 radical (unpaired) electrons. The molecule has 0 fully saturated rings. The molecule has 1 N–H and O–H groups in total. The lowest BCUT2D eigenvalue weighted by molar-refractivity contribution is -0.148. The van der Waals surface area contributed by atoms with Crippen LogP contribution < -0.4 is 5.32 Å². The summed E-state index contributed by atoms with van der Waals surface area (Å²) < 4.78 is 18.0. The molecule has 136 valence electrons. The number of hydrogen-bond donors (Lipinski definition) is 1. The molecule has 26 heavy (non-hydrogen) atoms. The number of nitrogens with one attached hydrogen (secondary N) is 1. The van der Waals surface area contributed by atoms with Crippen molar-refractivity contribution in [2.75, 3.05) is 0 Å². The fourth-order valence-corrected chi connectivity index (χ4v) is 2.24. The van der Waals surface area contributed by atoms with Crippen LogP contribution in [0.3, 0.4) is 0 Å². The molecule has 0 unspecified atom stereocenters. The molecule has 7 heteroatoms. The smallest absolute Gasteiger partial charge is 0.329 e. The van der Waals surface area contributed by atoms with E-state index in [1.165, 1.54) is 38.1 Å². The molecule has 5 nitrogen and oxygen atoms in total. The number of benzene rings is 2. The van der Waals surface area contributed by atoms with Crippen LogP contribution >= 0.6 is 11.6 Å². The summed E-state index contributed by atoms with van der Waals surface area (Å²) in [6.07, 6.45) is -1.07. The van der Waals surface area contributed by atoms with E-state index < -0.39 is 35.6 Å². The number of hydrogen-bond acceptors (Lipinski definition) is 4. The summed E-state index contributed by atoms with van der Waals surface area (Å²) in [5.41, 5.74) is 0.564. The van der Waals surface area contributed by atoms with Gasteiger partial charge in [-0.25, -0.2) is 9.18 Å². The molecule has 2 aromatic rings. The Morgan fingerprint density at radius 3 is 2.08 bits per heavy atom. The van der Waals surface area contributed by atoms with Gasteiger partial charge in [-0.3, -0.25) is 9.59 Å². The standard InChI is InChI=1S/C19H17ClFNO4/c1-11(22-18(24)14-3-7-15(20)8-4-14)19(25)26-12(2)17(23)13-5-9-16(21)10-6-13/h3-12H,1-2H3,(H,22,24)/t11-,12-/m0/s1. The van der Waals surface area contributed by atoms with Gasteiger partial charge >= 0.3 is 5.97 Å². The van der Waals surface area contributed by atoms with E-state index in [-0.39, 0.29) is 5.56 Å². The summed E-state index contributed by atoms with van der Waals surface area (Å²) in [7, 11) is 0. The Kier molecular flexibility index (Phi) is 6.46. The van der Waals surface area contributed by atoms with Crippen LogP contribution in [0.5, 0.6) is 0 Å². The average molecular weight is 378 g/mol. The Hall–Kier alpha value is -2.73. The van der Waals surface area contributed by atoms with Gasteiger partial charge in [-0.1, -0.05) is 11.6 Å². The second-order valence-corrected chi connectivity index (χ2v) is 6.09. The lowest BCUT2D eigenvalue weighted by Crippen LogP contribution is -2.41. The summed E-state index contributed by atoms with van der Waals surface area (Å²) in [5.74, 6) is -2.15. The van der Waals surface area contributed by atoms with E-state index in [9.17, 15) is 18.8 Å². The minimum absolute atomic E-state index is 0.226. The first-order chi connectivity index (χ1) is 12.3. The van der Waals surface area contributed by atoms with Gasteiger partial charge in [-0.2, -0.15) is 0 Å². The van der Waals surface area contributed by atoms with Gasteiger partial charge in [0.15, 0.2) is 6.10 Å². The normalized spacial score (nSPS) is 12.8. The van der Waals surface area contributed by atoms with E-state index in [4.69, 9.17) is 16.3 Å². The van der Waals surface area contributed by atoms with Crippen LogP contribution in [-0.2, 0) is 9.53 Å². The highest BCUT2D eigenvalue weighted by atomic mass is 35.5. The Bertz CT molecular complexity index is 805. The van der Waals surface area contributed by atoms with Gasteiger partial charge in [0, 0.05) is 16.1 Å². The van der Waals surface area contributed by atoms with E-state index in [2.05, 4.69) is 5.32 Å². The minimum atomic E-state index is -1.07. The zero-order chi connectivity index (χ0) is 19.3. The molecule has 0 aromatic heterocycles. The molecule has 0 heterocycles. The summed E-state index contributed by atoms with van der Waals surface area (Å²) in [6.45, 7) is 2.86. The van der Waals surface area contributed by atoms with Gasteiger partial charge in [-0.15, -0.1) is 0 Å². The zero-order valence-electron chi connectivity index (χ0n) is 14.2. The molecule has 2 aromatic carbocycles. The molecule has 0 aliphatic rings. The van der Waals surface area contributed by atoms with Crippen molar-refractivity contribution in [2.45, 2.75) is 26.0 Å². The number of ether oxygens (including phenoxy) is 1. The van der Waals surface area contributed by atoms with Gasteiger partial charge in [0.1, 0.15) is 11.9 Å². The van der Waals surface area contributed by atoms with Crippen LogP contribution in [0.4, 0.5) is 4.39 Å². The third kappa shape index (κ3) is 5.13. The van der Waals surface area contributed by atoms with Crippen LogP contribution in [0.2, 0.25) is 5.02 Å². The highest BCUT2D eigenvalue weighted by Crippen LogP contribution is 2.11. The molecule has 1 amide bonds. The number of amides is 1. The summed E-state index contributed by atoms with van der Waals surface area (Å²) in [6, 6.07) is 10.1. The average Bonchev–Trinajstić information content (AvgIpc) is 2.62. The molecule has 0 saturated carbocycles. The van der Waals surface area contributed by atoms with Crippen molar-refractivity contribution in [3.05, 3.63) is 70.5 Å². The molecule has 0 aliphatic carbocycles. The molecule has 0 saturated heterocycles. The van der Waals surface area contributed by atoms with Crippen molar-refractivity contribution in [1.29, 1.82) is 0 Å². The summed E-state index contributed by atoms with van der Waals surface area (Å²) in [5, 5.41) is 2.98. The van der Waals surface area contributed by atoms with Crippen LogP contribution in [0.1, 0.15) is 34.6 Å². The largest absolute Gasteiger partial charge is 0.453 e. The van der Waals surface area contributed by atoms with Gasteiger partial charge in [0.05, 0.1) is 0 Å². The fraction of sp³-hybridized carbons (Fsp3) is 0.211. The Labute approximate surface area is 155 Å².